The van der Waals surface area contributed by atoms with Crippen LogP contribution in [-0.4, -0.2) is 57.6 Å². The molecular formula is C22H25N3O7S. The van der Waals surface area contributed by atoms with Gasteiger partial charge in [-0.2, -0.15) is 4.31 Å². The molecule has 0 radical (unpaired) electrons. The standard InChI is InChI=1S/C22H25N3O7S/c1-30-17-5-7-18(8-6-17)33(28,29)25-10-2-3-16(25)13-24-22(27)21(26)23-12-15-4-9-19-20(11-15)32-14-31-19/h4-9,11,16H,2-3,10,12-14H2,1H3,(H,23,26)(H,24,27)/t16-/m0/s1. The summed E-state index contributed by atoms with van der Waals surface area (Å²) in [7, 11) is -2.22. The van der Waals surface area contributed by atoms with Gasteiger partial charge in [0, 0.05) is 25.7 Å². The van der Waals surface area contributed by atoms with Gasteiger partial charge in [-0.1, -0.05) is 6.07 Å². The first-order chi connectivity index (χ1) is 15.9. The fourth-order valence-corrected chi connectivity index (χ4v) is 5.51. The van der Waals surface area contributed by atoms with E-state index in [0.717, 1.165) is 5.56 Å². The van der Waals surface area contributed by atoms with Crippen molar-refractivity contribution in [1.29, 1.82) is 0 Å². The number of fused-ring (bicyclic) bond motifs is 1. The lowest BCUT2D eigenvalue weighted by atomic mass is 10.2. The molecular weight excluding hydrogens is 450 g/mol. The van der Waals surface area contributed by atoms with E-state index < -0.39 is 27.9 Å². The van der Waals surface area contributed by atoms with Crippen molar-refractivity contribution in [2.24, 2.45) is 0 Å². The maximum Gasteiger partial charge on any atom is 0.309 e. The summed E-state index contributed by atoms with van der Waals surface area (Å²) in [4.78, 5) is 24.6. The topological polar surface area (TPSA) is 123 Å². The predicted octanol–water partition coefficient (Wildman–Crippen LogP) is 1.01. The minimum atomic E-state index is -3.73. The third kappa shape index (κ3) is 5.04. The minimum absolute atomic E-state index is 0.0473. The largest absolute Gasteiger partial charge is 0.497 e. The van der Waals surface area contributed by atoms with Crippen LogP contribution in [0, 0.1) is 0 Å². The van der Waals surface area contributed by atoms with Crippen LogP contribution < -0.4 is 24.8 Å². The molecule has 0 bridgehead atoms. The fourth-order valence-electron chi connectivity index (χ4n) is 3.82. The first-order valence-corrected chi connectivity index (χ1v) is 11.9. The first-order valence-electron chi connectivity index (χ1n) is 10.5. The summed E-state index contributed by atoms with van der Waals surface area (Å²) in [5.74, 6) is 0.171. The molecule has 33 heavy (non-hydrogen) atoms. The molecule has 0 unspecified atom stereocenters. The van der Waals surface area contributed by atoms with Crippen molar-refractivity contribution in [3.8, 4) is 17.2 Å². The zero-order chi connectivity index (χ0) is 23.4. The van der Waals surface area contributed by atoms with Crippen molar-refractivity contribution < 1.29 is 32.2 Å². The summed E-state index contributed by atoms with van der Waals surface area (Å²) in [6.07, 6.45) is 1.26. The highest BCUT2D eigenvalue weighted by Gasteiger charge is 2.35. The number of nitrogens with zero attached hydrogens (tertiary/aromatic N) is 1. The van der Waals surface area contributed by atoms with Gasteiger partial charge < -0.3 is 24.8 Å². The summed E-state index contributed by atoms with van der Waals surface area (Å²) in [6.45, 7) is 0.696. The Labute approximate surface area is 191 Å². The average molecular weight is 476 g/mol. The Morgan fingerprint density at radius 1 is 1.06 bits per heavy atom. The summed E-state index contributed by atoms with van der Waals surface area (Å²) in [5, 5.41) is 5.10. The highest BCUT2D eigenvalue weighted by molar-refractivity contribution is 7.89. The second-order valence-corrected chi connectivity index (χ2v) is 9.56. The van der Waals surface area contributed by atoms with Gasteiger partial charge in [-0.05, 0) is 54.8 Å². The molecule has 0 saturated carbocycles. The number of carbonyl (C=O) groups excluding carboxylic acids is 2. The zero-order valence-corrected chi connectivity index (χ0v) is 18.9. The van der Waals surface area contributed by atoms with E-state index in [2.05, 4.69) is 10.6 Å². The number of amides is 2. The number of hydrogen-bond donors (Lipinski definition) is 2. The lowest BCUT2D eigenvalue weighted by molar-refractivity contribution is -0.139. The zero-order valence-electron chi connectivity index (χ0n) is 18.1. The highest BCUT2D eigenvalue weighted by Crippen LogP contribution is 2.32. The summed E-state index contributed by atoms with van der Waals surface area (Å²) < 4.78 is 43.1. The quantitative estimate of drug-likeness (QED) is 0.573. The molecule has 2 heterocycles. The van der Waals surface area contributed by atoms with Crippen molar-refractivity contribution in [1.82, 2.24) is 14.9 Å². The Morgan fingerprint density at radius 3 is 2.55 bits per heavy atom. The molecule has 11 heteroatoms. The van der Waals surface area contributed by atoms with Gasteiger partial charge in [-0.3, -0.25) is 9.59 Å². The molecule has 4 rings (SSSR count). The Bertz CT molecular complexity index is 1140. The molecule has 2 aliphatic rings. The lowest BCUT2D eigenvalue weighted by Gasteiger charge is -2.24. The number of nitrogens with one attached hydrogen (secondary N) is 2. The molecule has 0 aliphatic carbocycles. The van der Waals surface area contributed by atoms with E-state index in [-0.39, 0.29) is 24.8 Å². The van der Waals surface area contributed by atoms with E-state index in [0.29, 0.717) is 36.6 Å². The monoisotopic (exact) mass is 475 g/mol. The van der Waals surface area contributed by atoms with E-state index in [1.54, 1.807) is 30.3 Å². The predicted molar refractivity (Wildman–Crippen MR) is 117 cm³/mol. The molecule has 2 amide bonds. The van der Waals surface area contributed by atoms with Crippen molar-refractivity contribution in [3.05, 3.63) is 48.0 Å². The molecule has 2 aromatic carbocycles. The van der Waals surface area contributed by atoms with Gasteiger partial charge in [0.2, 0.25) is 16.8 Å². The van der Waals surface area contributed by atoms with Gasteiger partial charge in [0.25, 0.3) is 0 Å². The Balaban J connectivity index is 1.30. The van der Waals surface area contributed by atoms with Gasteiger partial charge in [-0.15, -0.1) is 0 Å². The van der Waals surface area contributed by atoms with Crippen LogP contribution >= 0.6 is 0 Å². The average Bonchev–Trinajstić information content (AvgIpc) is 3.50. The molecule has 10 nitrogen and oxygen atoms in total. The van der Waals surface area contributed by atoms with Crippen LogP contribution in [0.5, 0.6) is 17.2 Å². The number of rotatable bonds is 7. The molecule has 1 saturated heterocycles. The van der Waals surface area contributed by atoms with E-state index in [1.165, 1.54) is 23.5 Å². The number of hydrogen-bond acceptors (Lipinski definition) is 7. The number of carbonyl (C=O) groups is 2. The molecule has 2 N–H and O–H groups in total. The molecule has 0 spiro atoms. The Morgan fingerprint density at radius 2 is 1.79 bits per heavy atom. The highest BCUT2D eigenvalue weighted by atomic mass is 32.2. The minimum Gasteiger partial charge on any atom is -0.497 e. The normalized spacial score (nSPS) is 17.5. The van der Waals surface area contributed by atoms with Crippen LogP contribution in [0.15, 0.2) is 47.4 Å². The van der Waals surface area contributed by atoms with Gasteiger partial charge in [0.15, 0.2) is 11.5 Å². The number of sulfonamides is 1. The van der Waals surface area contributed by atoms with Gasteiger partial charge in [0.05, 0.1) is 12.0 Å². The van der Waals surface area contributed by atoms with E-state index in [9.17, 15) is 18.0 Å². The van der Waals surface area contributed by atoms with E-state index in [1.807, 2.05) is 0 Å². The van der Waals surface area contributed by atoms with Gasteiger partial charge >= 0.3 is 11.8 Å². The first kappa shape index (κ1) is 22.9. The van der Waals surface area contributed by atoms with Crippen LogP contribution in [0.1, 0.15) is 18.4 Å². The van der Waals surface area contributed by atoms with Crippen LogP contribution in [0.2, 0.25) is 0 Å². The fraction of sp³-hybridized carbons (Fsp3) is 0.364. The summed E-state index contributed by atoms with van der Waals surface area (Å²) >= 11 is 0. The molecule has 2 aliphatic heterocycles. The van der Waals surface area contributed by atoms with Crippen LogP contribution in [0.3, 0.4) is 0 Å². The van der Waals surface area contributed by atoms with Crippen LogP contribution in [-0.2, 0) is 26.2 Å². The Kier molecular flexibility index (Phi) is 6.70. The third-order valence-corrected chi connectivity index (χ3v) is 7.55. The summed E-state index contributed by atoms with van der Waals surface area (Å²) in [6, 6.07) is 11.0. The smallest absolute Gasteiger partial charge is 0.309 e. The second kappa shape index (κ2) is 9.67. The second-order valence-electron chi connectivity index (χ2n) is 7.67. The van der Waals surface area contributed by atoms with Crippen molar-refractivity contribution in [2.75, 3.05) is 27.0 Å². The number of methoxy groups -OCH3 is 1. The van der Waals surface area contributed by atoms with Crippen molar-refractivity contribution >= 4 is 21.8 Å². The molecule has 1 fully saturated rings. The number of benzene rings is 2. The van der Waals surface area contributed by atoms with Gasteiger partial charge in [0.1, 0.15) is 5.75 Å². The summed E-state index contributed by atoms with van der Waals surface area (Å²) in [5.41, 5.74) is 0.757. The van der Waals surface area contributed by atoms with Crippen molar-refractivity contribution in [3.63, 3.8) is 0 Å². The van der Waals surface area contributed by atoms with E-state index in [4.69, 9.17) is 14.2 Å². The molecule has 2 aromatic rings. The maximum absolute atomic E-state index is 13.0. The molecule has 1 atom stereocenters. The van der Waals surface area contributed by atoms with Crippen molar-refractivity contribution in [2.45, 2.75) is 30.3 Å². The van der Waals surface area contributed by atoms with Gasteiger partial charge in [-0.25, -0.2) is 8.42 Å². The molecule has 176 valence electrons. The SMILES string of the molecule is COc1ccc(S(=O)(=O)N2CCC[C@H]2CNC(=O)C(=O)NCc2ccc3c(c2)OCO3)cc1. The lowest BCUT2D eigenvalue weighted by Crippen LogP contribution is -2.46. The third-order valence-electron chi connectivity index (χ3n) is 5.58. The van der Waals surface area contributed by atoms with Crippen LogP contribution in [0.25, 0.3) is 0 Å². The number of ether oxygens (including phenoxy) is 3. The Hall–Kier alpha value is -3.31. The van der Waals surface area contributed by atoms with E-state index >= 15 is 0 Å². The van der Waals surface area contributed by atoms with Crippen LogP contribution in [0.4, 0.5) is 0 Å². The maximum atomic E-state index is 13.0. The molecule has 0 aromatic heterocycles.